The summed E-state index contributed by atoms with van der Waals surface area (Å²) in [4.78, 5) is 12.7. The lowest BCUT2D eigenvalue weighted by Gasteiger charge is -2.45. The molecule has 5 heteroatoms. The normalized spacial score (nSPS) is 17.4. The molecule has 0 saturated heterocycles. The first-order chi connectivity index (χ1) is 11.0. The maximum Gasteiger partial charge on any atom is 0.315 e. The van der Waals surface area contributed by atoms with E-state index in [0.29, 0.717) is 18.2 Å². The average molecular weight is 404 g/mol. The number of benzene rings is 1. The van der Waals surface area contributed by atoms with Crippen LogP contribution in [0.1, 0.15) is 57.6 Å². The highest BCUT2D eigenvalue weighted by atomic mass is 79.9. The molecule has 1 unspecified atom stereocenters. The Labute approximate surface area is 151 Å². The van der Waals surface area contributed by atoms with Crippen molar-refractivity contribution in [3.8, 4) is 0 Å². The molecule has 0 aromatic heterocycles. The van der Waals surface area contributed by atoms with E-state index in [0.717, 1.165) is 42.1 Å². The first-order valence-corrected chi connectivity index (χ1v) is 9.46. The van der Waals surface area contributed by atoms with E-state index in [4.69, 9.17) is 21.1 Å². The van der Waals surface area contributed by atoms with Gasteiger partial charge in [-0.3, -0.25) is 4.79 Å². The fourth-order valence-electron chi connectivity index (χ4n) is 3.00. The maximum atomic E-state index is 12.7. The zero-order chi connectivity index (χ0) is 16.9. The summed E-state index contributed by atoms with van der Waals surface area (Å²) in [5.74, 6) is -0.123. The highest BCUT2D eigenvalue weighted by Crippen LogP contribution is 2.53. The van der Waals surface area contributed by atoms with Crippen LogP contribution in [0.5, 0.6) is 0 Å². The summed E-state index contributed by atoms with van der Waals surface area (Å²) in [6.45, 7) is 5.07. The van der Waals surface area contributed by atoms with Gasteiger partial charge in [-0.25, -0.2) is 0 Å². The largest absolute Gasteiger partial charge is 0.465 e. The fourth-order valence-corrected chi connectivity index (χ4v) is 3.51. The summed E-state index contributed by atoms with van der Waals surface area (Å²) in [5, 5.41) is 0.650. The summed E-state index contributed by atoms with van der Waals surface area (Å²) in [6, 6.07) is 5.72. The van der Waals surface area contributed by atoms with Gasteiger partial charge in [0.2, 0.25) is 0 Å². The summed E-state index contributed by atoms with van der Waals surface area (Å²) < 4.78 is 12.3. The minimum Gasteiger partial charge on any atom is -0.465 e. The number of carbonyl (C=O) groups is 1. The van der Waals surface area contributed by atoms with Crippen LogP contribution in [0.25, 0.3) is 0 Å². The Morgan fingerprint density at radius 3 is 2.65 bits per heavy atom. The van der Waals surface area contributed by atoms with Gasteiger partial charge in [0, 0.05) is 11.1 Å². The highest BCUT2D eigenvalue weighted by Gasteiger charge is 2.53. The second kappa shape index (κ2) is 8.50. The van der Waals surface area contributed by atoms with E-state index < -0.39 is 5.41 Å². The molecule has 23 heavy (non-hydrogen) atoms. The smallest absolute Gasteiger partial charge is 0.315 e. The van der Waals surface area contributed by atoms with E-state index in [-0.39, 0.29) is 12.1 Å². The molecular weight excluding hydrogens is 380 g/mol. The molecule has 0 aliphatic heterocycles. The minimum absolute atomic E-state index is 0.123. The van der Waals surface area contributed by atoms with Crippen LogP contribution in [-0.2, 0) is 14.3 Å². The van der Waals surface area contributed by atoms with Crippen molar-refractivity contribution in [2.24, 2.45) is 5.41 Å². The van der Waals surface area contributed by atoms with Crippen molar-refractivity contribution in [3.05, 3.63) is 33.3 Å². The second-order valence-electron chi connectivity index (χ2n) is 6.01. The van der Waals surface area contributed by atoms with Crippen LogP contribution in [0.2, 0.25) is 5.02 Å². The van der Waals surface area contributed by atoms with Crippen LogP contribution in [0.4, 0.5) is 0 Å². The van der Waals surface area contributed by atoms with Gasteiger partial charge in [0.15, 0.2) is 0 Å². The van der Waals surface area contributed by atoms with Gasteiger partial charge in [-0.15, -0.1) is 0 Å². The number of hydrogen-bond donors (Lipinski definition) is 0. The topological polar surface area (TPSA) is 35.5 Å². The Morgan fingerprint density at radius 2 is 2.13 bits per heavy atom. The Bertz CT molecular complexity index is 543. The number of esters is 1. The Kier molecular flexibility index (Phi) is 6.93. The molecule has 2 rings (SSSR count). The number of ether oxygens (including phenoxy) is 2. The molecular formula is C18H24BrClO3. The summed E-state index contributed by atoms with van der Waals surface area (Å²) in [6.07, 6.45) is 4.27. The van der Waals surface area contributed by atoms with Crippen molar-refractivity contribution in [1.82, 2.24) is 0 Å². The quantitative estimate of drug-likeness (QED) is 0.413. The van der Waals surface area contributed by atoms with Crippen LogP contribution in [0.3, 0.4) is 0 Å². The molecule has 0 amide bonds. The molecule has 1 aliphatic rings. The lowest BCUT2D eigenvalue weighted by Crippen LogP contribution is -2.45. The molecule has 1 aromatic rings. The van der Waals surface area contributed by atoms with Crippen molar-refractivity contribution in [2.45, 2.75) is 52.1 Å². The molecule has 0 bridgehead atoms. The van der Waals surface area contributed by atoms with E-state index in [2.05, 4.69) is 22.9 Å². The molecule has 1 saturated carbocycles. The molecule has 1 atom stereocenters. The van der Waals surface area contributed by atoms with Crippen molar-refractivity contribution < 1.29 is 14.3 Å². The monoisotopic (exact) mass is 402 g/mol. The van der Waals surface area contributed by atoms with E-state index >= 15 is 0 Å². The molecule has 1 fully saturated rings. The fraction of sp³-hybridized carbons (Fsp3) is 0.611. The summed E-state index contributed by atoms with van der Waals surface area (Å²) >= 11 is 9.55. The third-order valence-corrected chi connectivity index (χ3v) is 5.68. The predicted molar refractivity (Wildman–Crippen MR) is 95.7 cm³/mol. The third kappa shape index (κ3) is 4.09. The SMILES string of the molecule is CCCCOC(=O)C1(C(OCC)c2ccc(Cl)c(Br)c2)CCC1. The van der Waals surface area contributed by atoms with E-state index in [1.807, 2.05) is 25.1 Å². The van der Waals surface area contributed by atoms with Crippen LogP contribution in [-0.4, -0.2) is 19.2 Å². The van der Waals surface area contributed by atoms with Crippen LogP contribution < -0.4 is 0 Å². The van der Waals surface area contributed by atoms with Gasteiger partial charge >= 0.3 is 5.97 Å². The van der Waals surface area contributed by atoms with Gasteiger partial charge < -0.3 is 9.47 Å². The van der Waals surface area contributed by atoms with Gasteiger partial charge in [0.1, 0.15) is 0 Å². The molecule has 1 aliphatic carbocycles. The standard InChI is InChI=1S/C18H24BrClO3/c1-3-5-11-23-17(21)18(9-6-10-18)16(22-4-2)13-7-8-15(20)14(19)12-13/h7-8,12,16H,3-6,9-11H2,1-2H3. The second-order valence-corrected chi connectivity index (χ2v) is 7.27. The zero-order valence-electron chi connectivity index (χ0n) is 13.7. The predicted octanol–water partition coefficient (Wildman–Crippen LogP) is 5.69. The molecule has 0 heterocycles. The van der Waals surface area contributed by atoms with Crippen molar-refractivity contribution >= 4 is 33.5 Å². The van der Waals surface area contributed by atoms with E-state index in [1.54, 1.807) is 0 Å². The maximum absolute atomic E-state index is 12.7. The van der Waals surface area contributed by atoms with Gasteiger partial charge in [0.25, 0.3) is 0 Å². The number of unbranched alkanes of at least 4 members (excludes halogenated alkanes) is 1. The average Bonchev–Trinajstić information content (AvgIpc) is 2.48. The molecule has 128 valence electrons. The molecule has 1 aromatic carbocycles. The summed E-state index contributed by atoms with van der Waals surface area (Å²) in [7, 11) is 0. The van der Waals surface area contributed by atoms with Crippen LogP contribution in [0.15, 0.2) is 22.7 Å². The van der Waals surface area contributed by atoms with Gasteiger partial charge in [-0.05, 0) is 59.8 Å². The molecule has 0 radical (unpaired) electrons. The van der Waals surface area contributed by atoms with Gasteiger partial charge in [-0.1, -0.05) is 37.4 Å². The Morgan fingerprint density at radius 1 is 1.39 bits per heavy atom. The highest BCUT2D eigenvalue weighted by molar-refractivity contribution is 9.10. The number of hydrogen-bond acceptors (Lipinski definition) is 3. The van der Waals surface area contributed by atoms with E-state index in [1.165, 1.54) is 0 Å². The molecule has 0 spiro atoms. The van der Waals surface area contributed by atoms with Crippen molar-refractivity contribution in [1.29, 1.82) is 0 Å². The summed E-state index contributed by atoms with van der Waals surface area (Å²) in [5.41, 5.74) is 0.409. The first-order valence-electron chi connectivity index (χ1n) is 8.29. The lowest BCUT2D eigenvalue weighted by atomic mass is 9.63. The lowest BCUT2D eigenvalue weighted by molar-refractivity contribution is -0.178. The Balaban J connectivity index is 2.25. The first kappa shape index (κ1) is 18.8. The van der Waals surface area contributed by atoms with Crippen LogP contribution in [0, 0.1) is 5.41 Å². The Hall–Kier alpha value is -0.580. The van der Waals surface area contributed by atoms with Crippen molar-refractivity contribution in [2.75, 3.05) is 13.2 Å². The van der Waals surface area contributed by atoms with Crippen LogP contribution >= 0.6 is 27.5 Å². The molecule has 0 N–H and O–H groups in total. The van der Waals surface area contributed by atoms with Gasteiger partial charge in [0.05, 0.1) is 23.1 Å². The third-order valence-electron chi connectivity index (χ3n) is 4.46. The minimum atomic E-state index is -0.559. The number of rotatable bonds is 8. The number of carbonyl (C=O) groups excluding carboxylic acids is 1. The van der Waals surface area contributed by atoms with Gasteiger partial charge in [-0.2, -0.15) is 0 Å². The van der Waals surface area contributed by atoms with E-state index in [9.17, 15) is 4.79 Å². The van der Waals surface area contributed by atoms with Crippen molar-refractivity contribution in [3.63, 3.8) is 0 Å². The molecule has 3 nitrogen and oxygen atoms in total. The number of halogens is 2. The zero-order valence-corrected chi connectivity index (χ0v) is 16.1.